The Morgan fingerprint density at radius 1 is 1.37 bits per heavy atom. The molecule has 0 radical (unpaired) electrons. The van der Waals surface area contributed by atoms with Crippen LogP contribution in [0.25, 0.3) is 0 Å². The molecule has 1 aromatic rings. The Hall–Kier alpha value is -1.36. The lowest BCUT2D eigenvalue weighted by atomic mass is 9.84. The van der Waals surface area contributed by atoms with Gasteiger partial charge >= 0.3 is 5.97 Å². The second-order valence-corrected chi connectivity index (χ2v) is 6.38. The lowest BCUT2D eigenvalue weighted by molar-refractivity contribution is -0.144. The zero-order valence-electron chi connectivity index (χ0n) is 10.5. The number of amides is 1. The van der Waals surface area contributed by atoms with Crippen molar-refractivity contribution < 1.29 is 14.7 Å². The molecule has 2 bridgehead atoms. The van der Waals surface area contributed by atoms with Crippen molar-refractivity contribution in [2.24, 2.45) is 17.8 Å². The van der Waals surface area contributed by atoms with Gasteiger partial charge in [-0.05, 0) is 53.5 Å². The summed E-state index contributed by atoms with van der Waals surface area (Å²) >= 11 is 1.57. The second-order valence-electron chi connectivity index (χ2n) is 5.60. The van der Waals surface area contributed by atoms with Crippen molar-refractivity contribution in [2.45, 2.75) is 31.7 Å². The molecular formula is C14H17NO3S. The molecule has 4 nitrogen and oxygen atoms in total. The van der Waals surface area contributed by atoms with Crippen molar-refractivity contribution in [1.82, 2.24) is 5.32 Å². The van der Waals surface area contributed by atoms with E-state index in [9.17, 15) is 14.7 Å². The van der Waals surface area contributed by atoms with Crippen molar-refractivity contribution in [2.75, 3.05) is 0 Å². The highest BCUT2D eigenvalue weighted by atomic mass is 32.1. The Morgan fingerprint density at radius 3 is 2.84 bits per heavy atom. The minimum Gasteiger partial charge on any atom is -0.481 e. The molecule has 2 saturated carbocycles. The van der Waals surface area contributed by atoms with Gasteiger partial charge in [0.2, 0.25) is 5.91 Å². The molecule has 0 aromatic carbocycles. The maximum atomic E-state index is 12.0. The van der Waals surface area contributed by atoms with Crippen LogP contribution in [0.15, 0.2) is 16.8 Å². The average Bonchev–Trinajstić information content (AvgIpc) is 3.03. The van der Waals surface area contributed by atoms with Crippen LogP contribution in [0, 0.1) is 17.8 Å². The molecular weight excluding hydrogens is 262 g/mol. The third kappa shape index (κ3) is 2.39. The van der Waals surface area contributed by atoms with E-state index in [0.717, 1.165) is 24.8 Å². The molecule has 2 aliphatic rings. The van der Waals surface area contributed by atoms with E-state index < -0.39 is 5.97 Å². The molecule has 3 rings (SSSR count). The van der Waals surface area contributed by atoms with Crippen molar-refractivity contribution in [3.05, 3.63) is 22.4 Å². The highest BCUT2D eigenvalue weighted by Crippen LogP contribution is 2.48. The fraction of sp³-hybridized carbons (Fsp3) is 0.571. The molecule has 1 aromatic heterocycles. The van der Waals surface area contributed by atoms with Crippen LogP contribution in [0.4, 0.5) is 0 Å². The fourth-order valence-electron chi connectivity index (χ4n) is 3.67. The standard InChI is InChI=1S/C14H17NO3S/c16-11(5-8-3-4-19-7-8)15-13-10-2-1-9(6-10)12(13)14(17)18/h3-4,7,9-10,12-13H,1-2,5-6H2,(H,15,16)(H,17,18)/t9-,10-,12-,13-/m0/s1. The predicted octanol–water partition coefficient (Wildman–Crippen LogP) is 1.91. The summed E-state index contributed by atoms with van der Waals surface area (Å²) in [4.78, 5) is 23.4. The van der Waals surface area contributed by atoms with E-state index in [0.29, 0.717) is 12.3 Å². The van der Waals surface area contributed by atoms with Gasteiger partial charge < -0.3 is 10.4 Å². The number of hydrogen-bond acceptors (Lipinski definition) is 3. The first kappa shape index (κ1) is 12.7. The van der Waals surface area contributed by atoms with Gasteiger partial charge in [0.15, 0.2) is 0 Å². The molecule has 4 atom stereocenters. The van der Waals surface area contributed by atoms with E-state index in [1.54, 1.807) is 11.3 Å². The van der Waals surface area contributed by atoms with Crippen LogP contribution in [-0.4, -0.2) is 23.0 Å². The van der Waals surface area contributed by atoms with Gasteiger partial charge in [0, 0.05) is 6.04 Å². The summed E-state index contributed by atoms with van der Waals surface area (Å²) in [7, 11) is 0. The monoisotopic (exact) mass is 279 g/mol. The number of carbonyl (C=O) groups excluding carboxylic acids is 1. The third-order valence-electron chi connectivity index (χ3n) is 4.47. The summed E-state index contributed by atoms with van der Waals surface area (Å²) < 4.78 is 0. The summed E-state index contributed by atoms with van der Waals surface area (Å²) in [5.74, 6) is -0.577. The Morgan fingerprint density at radius 2 is 2.16 bits per heavy atom. The summed E-state index contributed by atoms with van der Waals surface area (Å²) in [6, 6.07) is 1.77. The summed E-state index contributed by atoms with van der Waals surface area (Å²) in [6.45, 7) is 0. The van der Waals surface area contributed by atoms with Gasteiger partial charge in [-0.15, -0.1) is 0 Å². The number of nitrogens with one attached hydrogen (secondary N) is 1. The SMILES string of the molecule is O=C(Cc1ccsc1)N[C@H]1[C@H]2CC[C@@H](C2)[C@@H]1C(=O)O. The van der Waals surface area contributed by atoms with Crippen molar-refractivity contribution >= 4 is 23.2 Å². The van der Waals surface area contributed by atoms with E-state index in [1.165, 1.54) is 0 Å². The minimum atomic E-state index is -0.756. The quantitative estimate of drug-likeness (QED) is 0.884. The number of hydrogen-bond donors (Lipinski definition) is 2. The van der Waals surface area contributed by atoms with Crippen molar-refractivity contribution in [3.8, 4) is 0 Å². The van der Waals surface area contributed by atoms with Crippen LogP contribution >= 0.6 is 11.3 Å². The summed E-state index contributed by atoms with van der Waals surface area (Å²) in [5.41, 5.74) is 0.998. The van der Waals surface area contributed by atoms with E-state index in [2.05, 4.69) is 5.32 Å². The normalized spacial score (nSPS) is 32.4. The molecule has 5 heteroatoms. The largest absolute Gasteiger partial charge is 0.481 e. The van der Waals surface area contributed by atoms with Gasteiger partial charge in [-0.2, -0.15) is 11.3 Å². The number of carbonyl (C=O) groups is 2. The van der Waals surface area contributed by atoms with Crippen LogP contribution in [0.3, 0.4) is 0 Å². The van der Waals surface area contributed by atoms with Crippen LogP contribution < -0.4 is 5.32 Å². The first-order valence-electron chi connectivity index (χ1n) is 6.68. The van der Waals surface area contributed by atoms with Crippen molar-refractivity contribution in [1.29, 1.82) is 0 Å². The lowest BCUT2D eigenvalue weighted by Gasteiger charge is -2.28. The third-order valence-corrected chi connectivity index (χ3v) is 5.21. The highest BCUT2D eigenvalue weighted by molar-refractivity contribution is 7.07. The van der Waals surface area contributed by atoms with E-state index >= 15 is 0 Å². The van der Waals surface area contributed by atoms with Crippen LogP contribution in [0.2, 0.25) is 0 Å². The van der Waals surface area contributed by atoms with Crippen molar-refractivity contribution in [3.63, 3.8) is 0 Å². The van der Waals surface area contributed by atoms with Gasteiger partial charge in [0.25, 0.3) is 0 Å². The average molecular weight is 279 g/mol. The Labute approximate surface area is 115 Å². The van der Waals surface area contributed by atoms with Crippen LogP contribution in [0.1, 0.15) is 24.8 Å². The summed E-state index contributed by atoms with van der Waals surface area (Å²) in [6.07, 6.45) is 3.36. The minimum absolute atomic E-state index is 0.0535. The Bertz CT molecular complexity index is 485. The molecule has 1 amide bonds. The van der Waals surface area contributed by atoms with Crippen LogP contribution in [0.5, 0.6) is 0 Å². The maximum absolute atomic E-state index is 12.0. The molecule has 2 N–H and O–H groups in total. The van der Waals surface area contributed by atoms with E-state index in [-0.39, 0.29) is 23.8 Å². The summed E-state index contributed by atoms with van der Waals surface area (Å²) in [5, 5.41) is 16.2. The molecule has 102 valence electrons. The second kappa shape index (κ2) is 4.96. The molecule has 0 spiro atoms. The Kier molecular flexibility index (Phi) is 3.31. The van der Waals surface area contributed by atoms with Gasteiger partial charge in [0.05, 0.1) is 12.3 Å². The number of carboxylic acid groups (broad SMARTS) is 1. The number of aliphatic carboxylic acids is 1. The first-order chi connectivity index (χ1) is 9.15. The van der Waals surface area contributed by atoms with Gasteiger partial charge in [0.1, 0.15) is 0 Å². The molecule has 1 heterocycles. The van der Waals surface area contributed by atoms with Crippen LogP contribution in [-0.2, 0) is 16.0 Å². The molecule has 2 fully saturated rings. The maximum Gasteiger partial charge on any atom is 0.308 e. The lowest BCUT2D eigenvalue weighted by Crippen LogP contribution is -2.47. The molecule has 0 aliphatic heterocycles. The molecule has 0 unspecified atom stereocenters. The highest BCUT2D eigenvalue weighted by Gasteiger charge is 2.51. The predicted molar refractivity (Wildman–Crippen MR) is 71.9 cm³/mol. The number of rotatable bonds is 4. The number of fused-ring (bicyclic) bond motifs is 2. The van der Waals surface area contributed by atoms with Gasteiger partial charge in [-0.1, -0.05) is 0 Å². The zero-order valence-corrected chi connectivity index (χ0v) is 11.4. The van der Waals surface area contributed by atoms with Gasteiger partial charge in [-0.3, -0.25) is 9.59 Å². The molecule has 2 aliphatic carbocycles. The first-order valence-corrected chi connectivity index (χ1v) is 7.62. The molecule has 19 heavy (non-hydrogen) atoms. The molecule has 0 saturated heterocycles. The van der Waals surface area contributed by atoms with E-state index in [1.807, 2.05) is 16.8 Å². The number of thiophene rings is 1. The zero-order chi connectivity index (χ0) is 13.4. The van der Waals surface area contributed by atoms with Gasteiger partial charge in [-0.25, -0.2) is 0 Å². The smallest absolute Gasteiger partial charge is 0.308 e. The topological polar surface area (TPSA) is 66.4 Å². The Balaban J connectivity index is 1.65. The number of carboxylic acids is 1. The fourth-order valence-corrected chi connectivity index (χ4v) is 4.34. The van der Waals surface area contributed by atoms with E-state index in [4.69, 9.17) is 0 Å².